The molecule has 1 aromatic heterocycles. The first-order chi connectivity index (χ1) is 8.83. The van der Waals surface area contributed by atoms with Crippen LogP contribution in [0.4, 0.5) is 5.69 Å². The highest BCUT2D eigenvalue weighted by Crippen LogP contribution is 2.29. The topological polar surface area (TPSA) is 40.7 Å². The number of H-pyrrole nitrogens is 1. The summed E-state index contributed by atoms with van der Waals surface area (Å²) in [5, 5.41) is 4.32. The summed E-state index contributed by atoms with van der Waals surface area (Å²) in [6.45, 7) is 2.30. The van der Waals surface area contributed by atoms with E-state index in [9.17, 15) is 0 Å². The van der Waals surface area contributed by atoms with Gasteiger partial charge in [-0.25, -0.2) is 4.98 Å². The molecule has 0 spiro atoms. The monoisotopic (exact) mass is 259 g/mol. The molecule has 0 bridgehead atoms. The minimum Gasteiger partial charge on any atom is -0.381 e. The van der Waals surface area contributed by atoms with E-state index < -0.39 is 0 Å². The number of hydrogen-bond acceptors (Lipinski definition) is 3. The first-order valence-corrected chi connectivity index (χ1v) is 7.35. The van der Waals surface area contributed by atoms with E-state index >= 15 is 0 Å². The van der Waals surface area contributed by atoms with Crippen LogP contribution in [-0.2, 0) is 0 Å². The Morgan fingerprint density at radius 2 is 2.17 bits per heavy atom. The third-order valence-corrected chi connectivity index (χ3v) is 4.75. The van der Waals surface area contributed by atoms with Gasteiger partial charge in [0.25, 0.3) is 0 Å². The van der Waals surface area contributed by atoms with Crippen molar-refractivity contribution in [3.63, 3.8) is 0 Å². The van der Waals surface area contributed by atoms with Crippen LogP contribution in [0.15, 0.2) is 36.8 Å². The zero-order valence-electron chi connectivity index (χ0n) is 10.4. The smallest absolute Gasteiger partial charge is 0.0924 e. The lowest BCUT2D eigenvalue weighted by atomic mass is 10.1. The summed E-state index contributed by atoms with van der Waals surface area (Å²) in [6.07, 6.45) is 4.81. The minimum absolute atomic E-state index is 0.605. The molecule has 1 aliphatic rings. The lowest BCUT2D eigenvalue weighted by molar-refractivity contribution is 0.724. The van der Waals surface area contributed by atoms with Gasteiger partial charge in [-0.05, 0) is 29.9 Å². The van der Waals surface area contributed by atoms with Crippen LogP contribution in [-0.4, -0.2) is 27.0 Å². The molecule has 0 saturated carbocycles. The fourth-order valence-corrected chi connectivity index (χ4v) is 3.49. The van der Waals surface area contributed by atoms with Crippen LogP contribution in [0.25, 0.3) is 11.3 Å². The quantitative estimate of drug-likeness (QED) is 0.887. The number of hydrogen-bond donors (Lipinski definition) is 2. The summed E-state index contributed by atoms with van der Waals surface area (Å²) in [5.41, 5.74) is 3.44. The van der Waals surface area contributed by atoms with Crippen molar-refractivity contribution < 1.29 is 0 Å². The van der Waals surface area contributed by atoms with Gasteiger partial charge in [0, 0.05) is 17.0 Å². The van der Waals surface area contributed by atoms with Crippen molar-refractivity contribution in [3.8, 4) is 11.3 Å². The second-order valence-corrected chi connectivity index (χ2v) is 6.14. The van der Waals surface area contributed by atoms with Crippen molar-refractivity contribution in [2.75, 3.05) is 11.1 Å². The van der Waals surface area contributed by atoms with Gasteiger partial charge < -0.3 is 10.3 Å². The predicted molar refractivity (Wildman–Crippen MR) is 78.0 cm³/mol. The van der Waals surface area contributed by atoms with E-state index in [1.165, 1.54) is 23.4 Å². The maximum atomic E-state index is 4.04. The van der Waals surface area contributed by atoms with E-state index in [0.717, 1.165) is 5.69 Å². The number of nitrogens with one attached hydrogen (secondary N) is 2. The summed E-state index contributed by atoms with van der Waals surface area (Å²) in [7, 11) is 0. The van der Waals surface area contributed by atoms with Crippen LogP contribution >= 0.6 is 11.8 Å². The van der Waals surface area contributed by atoms with Crippen molar-refractivity contribution in [1.29, 1.82) is 0 Å². The van der Waals surface area contributed by atoms with Gasteiger partial charge in [-0.15, -0.1) is 0 Å². The lowest BCUT2D eigenvalue weighted by Crippen LogP contribution is -2.24. The molecule has 0 radical (unpaired) electrons. The van der Waals surface area contributed by atoms with Crippen molar-refractivity contribution in [3.05, 3.63) is 36.8 Å². The number of rotatable bonds is 3. The molecule has 1 fully saturated rings. The predicted octanol–water partition coefficient (Wildman–Crippen LogP) is 3.38. The Morgan fingerprint density at radius 1 is 1.33 bits per heavy atom. The van der Waals surface area contributed by atoms with E-state index in [-0.39, 0.29) is 0 Å². The molecule has 1 aliphatic heterocycles. The Bertz CT molecular complexity index is 492. The van der Waals surface area contributed by atoms with Crippen molar-refractivity contribution in [2.24, 2.45) is 0 Å². The number of thioether (sulfide) groups is 1. The number of benzene rings is 1. The van der Waals surface area contributed by atoms with Gasteiger partial charge in [0.2, 0.25) is 0 Å². The molecular formula is C14H17N3S. The molecule has 2 atom stereocenters. The zero-order chi connectivity index (χ0) is 12.4. The molecule has 0 aliphatic carbocycles. The highest BCUT2D eigenvalue weighted by atomic mass is 32.2. The fourth-order valence-electron chi connectivity index (χ4n) is 2.30. The largest absolute Gasteiger partial charge is 0.381 e. The van der Waals surface area contributed by atoms with E-state index in [0.29, 0.717) is 11.3 Å². The fraction of sp³-hybridized carbons (Fsp3) is 0.357. The van der Waals surface area contributed by atoms with Gasteiger partial charge in [0.15, 0.2) is 0 Å². The average molecular weight is 259 g/mol. The lowest BCUT2D eigenvalue weighted by Gasteiger charge is -2.18. The number of aromatic nitrogens is 2. The van der Waals surface area contributed by atoms with Crippen LogP contribution in [0, 0.1) is 0 Å². The number of imidazole rings is 1. The zero-order valence-corrected chi connectivity index (χ0v) is 11.2. The molecule has 3 nitrogen and oxygen atoms in total. The molecule has 18 heavy (non-hydrogen) atoms. The summed E-state index contributed by atoms with van der Waals surface area (Å²) in [4.78, 5) is 7.16. The molecule has 2 heterocycles. The van der Waals surface area contributed by atoms with Gasteiger partial charge in [-0.1, -0.05) is 19.1 Å². The first kappa shape index (κ1) is 11.7. The maximum Gasteiger partial charge on any atom is 0.0924 e. The molecule has 4 heteroatoms. The molecule has 1 saturated heterocycles. The summed E-state index contributed by atoms with van der Waals surface area (Å²) < 4.78 is 0. The van der Waals surface area contributed by atoms with E-state index in [4.69, 9.17) is 0 Å². The third-order valence-electron chi connectivity index (χ3n) is 3.42. The highest BCUT2D eigenvalue weighted by molar-refractivity contribution is 8.00. The second kappa shape index (κ2) is 5.06. The number of anilines is 1. The van der Waals surface area contributed by atoms with E-state index in [2.05, 4.69) is 46.5 Å². The Hall–Kier alpha value is -1.42. The highest BCUT2D eigenvalue weighted by Gasteiger charge is 2.23. The molecule has 3 rings (SSSR count). The van der Waals surface area contributed by atoms with Gasteiger partial charge in [-0.2, -0.15) is 11.8 Å². The number of nitrogens with zero attached hydrogens (tertiary/aromatic N) is 1. The van der Waals surface area contributed by atoms with E-state index in [1.54, 1.807) is 6.33 Å². The third kappa shape index (κ3) is 2.38. The van der Waals surface area contributed by atoms with Crippen LogP contribution in [0.2, 0.25) is 0 Å². The van der Waals surface area contributed by atoms with Crippen LogP contribution < -0.4 is 5.32 Å². The average Bonchev–Trinajstić information content (AvgIpc) is 3.03. The summed E-state index contributed by atoms with van der Waals surface area (Å²) in [5.74, 6) is 1.27. The van der Waals surface area contributed by atoms with Crippen molar-refractivity contribution in [1.82, 2.24) is 9.97 Å². The molecule has 2 unspecified atom stereocenters. The van der Waals surface area contributed by atoms with Crippen LogP contribution in [0.3, 0.4) is 0 Å². The molecule has 2 aromatic rings. The summed E-state index contributed by atoms with van der Waals surface area (Å²) >= 11 is 2.05. The Labute approximate surface area is 111 Å². The molecular weight excluding hydrogens is 242 g/mol. The normalized spacial score (nSPS) is 23.2. The maximum absolute atomic E-state index is 4.04. The molecule has 1 aromatic carbocycles. The minimum atomic E-state index is 0.605. The van der Waals surface area contributed by atoms with Gasteiger partial charge >= 0.3 is 0 Å². The summed E-state index contributed by atoms with van der Waals surface area (Å²) in [6, 6.07) is 9.15. The first-order valence-electron chi connectivity index (χ1n) is 6.30. The molecule has 2 N–H and O–H groups in total. The standard InChI is InChI=1S/C14H17N3S/c1-10-13(6-7-18-10)17-12-4-2-11(3-5-12)14-8-15-9-16-14/h2-5,8-10,13,17H,6-7H2,1H3,(H,15,16). The van der Waals surface area contributed by atoms with Crippen molar-refractivity contribution in [2.45, 2.75) is 24.6 Å². The SMILES string of the molecule is CC1SCCC1Nc1ccc(-c2cnc[nH]2)cc1. The van der Waals surface area contributed by atoms with Gasteiger partial charge in [0.1, 0.15) is 0 Å². The Morgan fingerprint density at radius 3 is 2.78 bits per heavy atom. The van der Waals surface area contributed by atoms with Crippen LogP contribution in [0.1, 0.15) is 13.3 Å². The molecule has 0 amide bonds. The Balaban J connectivity index is 1.71. The van der Waals surface area contributed by atoms with Crippen molar-refractivity contribution >= 4 is 17.4 Å². The number of aromatic amines is 1. The van der Waals surface area contributed by atoms with E-state index in [1.807, 2.05) is 18.0 Å². The van der Waals surface area contributed by atoms with Gasteiger partial charge in [0.05, 0.1) is 18.2 Å². The molecule has 94 valence electrons. The van der Waals surface area contributed by atoms with Crippen LogP contribution in [0.5, 0.6) is 0 Å². The van der Waals surface area contributed by atoms with Gasteiger partial charge in [-0.3, -0.25) is 0 Å². The second-order valence-electron chi connectivity index (χ2n) is 4.66. The Kier molecular flexibility index (Phi) is 3.28.